The van der Waals surface area contributed by atoms with Crippen LogP contribution >= 0.6 is 0 Å². The van der Waals surface area contributed by atoms with Crippen molar-refractivity contribution in [2.24, 2.45) is 5.92 Å². The average Bonchev–Trinajstić information content (AvgIpc) is 2.44. The van der Waals surface area contributed by atoms with E-state index in [-0.39, 0.29) is 0 Å². The van der Waals surface area contributed by atoms with E-state index in [1.165, 1.54) is 0 Å². The minimum atomic E-state index is 0.633. The van der Waals surface area contributed by atoms with Gasteiger partial charge in [-0.15, -0.1) is 12.3 Å². The molecule has 0 heterocycles. The molecule has 0 amide bonds. The maximum atomic E-state index is 5.82. The summed E-state index contributed by atoms with van der Waals surface area (Å²) in [4.78, 5) is 0. The van der Waals surface area contributed by atoms with Gasteiger partial charge in [0.1, 0.15) is 11.5 Å². The summed E-state index contributed by atoms with van der Waals surface area (Å²) in [6, 6.07) is 5.94. The lowest BCUT2D eigenvalue weighted by Crippen LogP contribution is -2.19. The molecule has 0 spiro atoms. The summed E-state index contributed by atoms with van der Waals surface area (Å²) in [5, 5.41) is 3.43. The number of ether oxygens (including phenoxy) is 2. The smallest absolute Gasteiger partial charge is 0.127 e. The Kier molecular flexibility index (Phi) is 7.60. The van der Waals surface area contributed by atoms with Gasteiger partial charge in [-0.3, -0.25) is 0 Å². The summed E-state index contributed by atoms with van der Waals surface area (Å²) in [6.45, 7) is 6.81. The molecule has 0 atom stereocenters. The highest BCUT2D eigenvalue weighted by atomic mass is 16.5. The van der Waals surface area contributed by atoms with Crippen molar-refractivity contribution in [1.82, 2.24) is 5.32 Å². The van der Waals surface area contributed by atoms with Crippen LogP contribution in [0.15, 0.2) is 18.2 Å². The van der Waals surface area contributed by atoms with E-state index in [9.17, 15) is 0 Å². The highest BCUT2D eigenvalue weighted by Crippen LogP contribution is 2.25. The zero-order valence-corrected chi connectivity index (χ0v) is 12.7. The van der Waals surface area contributed by atoms with Crippen molar-refractivity contribution >= 4 is 0 Å². The van der Waals surface area contributed by atoms with Gasteiger partial charge >= 0.3 is 0 Å². The van der Waals surface area contributed by atoms with Gasteiger partial charge in [0.15, 0.2) is 0 Å². The molecule has 0 aliphatic rings. The third kappa shape index (κ3) is 5.99. The monoisotopic (exact) mass is 275 g/mol. The van der Waals surface area contributed by atoms with E-state index in [1.807, 2.05) is 18.2 Å². The summed E-state index contributed by atoms with van der Waals surface area (Å²) in [6.07, 6.45) is 6.85. The molecule has 0 aliphatic carbocycles. The summed E-state index contributed by atoms with van der Waals surface area (Å²) in [7, 11) is 1.66. The Bertz CT molecular complexity index is 435. The van der Waals surface area contributed by atoms with E-state index in [2.05, 4.69) is 25.1 Å². The third-order valence-corrected chi connectivity index (χ3v) is 2.87. The van der Waals surface area contributed by atoms with Crippen LogP contribution in [0, 0.1) is 18.3 Å². The van der Waals surface area contributed by atoms with Crippen LogP contribution in [0.1, 0.15) is 32.3 Å². The highest BCUT2D eigenvalue weighted by molar-refractivity contribution is 5.40. The number of hydrogen-bond donors (Lipinski definition) is 1. The first-order valence-electron chi connectivity index (χ1n) is 7.11. The van der Waals surface area contributed by atoms with Crippen LogP contribution in [-0.4, -0.2) is 20.3 Å². The van der Waals surface area contributed by atoms with Gasteiger partial charge in [-0.25, -0.2) is 0 Å². The summed E-state index contributed by atoms with van der Waals surface area (Å²) in [5.74, 6) is 4.94. The van der Waals surface area contributed by atoms with Gasteiger partial charge in [-0.05, 0) is 24.9 Å². The lowest BCUT2D eigenvalue weighted by molar-refractivity contribution is 0.306. The molecule has 0 radical (unpaired) electrons. The molecule has 0 aliphatic heterocycles. The van der Waals surface area contributed by atoms with Gasteiger partial charge in [-0.2, -0.15) is 0 Å². The Balaban J connectivity index is 2.63. The molecular weight excluding hydrogens is 250 g/mol. The Morgan fingerprint density at radius 2 is 2.15 bits per heavy atom. The fourth-order valence-electron chi connectivity index (χ4n) is 1.79. The van der Waals surface area contributed by atoms with E-state index in [0.717, 1.165) is 43.0 Å². The highest BCUT2D eigenvalue weighted by Gasteiger charge is 2.06. The zero-order valence-electron chi connectivity index (χ0n) is 12.7. The largest absolute Gasteiger partial charge is 0.497 e. The fourth-order valence-corrected chi connectivity index (χ4v) is 1.79. The summed E-state index contributed by atoms with van der Waals surface area (Å²) in [5.41, 5.74) is 1.15. The van der Waals surface area contributed by atoms with E-state index >= 15 is 0 Å². The number of methoxy groups -OCH3 is 1. The first-order chi connectivity index (χ1) is 9.67. The molecule has 0 unspecified atom stereocenters. The molecule has 0 aromatic heterocycles. The van der Waals surface area contributed by atoms with Crippen LogP contribution in [0.2, 0.25) is 0 Å². The standard InChI is InChI=1S/C17H25NO2/c1-5-6-7-10-20-17-11-16(19-4)9-8-15(17)13-18-12-14(2)3/h1,8-9,11,14,18H,6-7,10,12-13H2,2-4H3. The molecule has 1 N–H and O–H groups in total. The minimum absolute atomic E-state index is 0.633. The van der Waals surface area contributed by atoms with E-state index < -0.39 is 0 Å². The second kappa shape index (κ2) is 9.28. The van der Waals surface area contributed by atoms with Crippen molar-refractivity contribution in [3.63, 3.8) is 0 Å². The summed E-state index contributed by atoms with van der Waals surface area (Å²) >= 11 is 0. The van der Waals surface area contributed by atoms with Crippen LogP contribution in [-0.2, 0) is 6.54 Å². The maximum absolute atomic E-state index is 5.82. The molecule has 1 rings (SSSR count). The maximum Gasteiger partial charge on any atom is 0.127 e. The average molecular weight is 275 g/mol. The molecule has 20 heavy (non-hydrogen) atoms. The van der Waals surface area contributed by atoms with Crippen molar-refractivity contribution in [2.45, 2.75) is 33.2 Å². The summed E-state index contributed by atoms with van der Waals surface area (Å²) < 4.78 is 11.1. The van der Waals surface area contributed by atoms with Crippen LogP contribution in [0.5, 0.6) is 11.5 Å². The predicted molar refractivity (Wildman–Crippen MR) is 83.1 cm³/mol. The number of nitrogens with one attached hydrogen (secondary N) is 1. The van der Waals surface area contributed by atoms with Crippen LogP contribution < -0.4 is 14.8 Å². The molecule has 3 heteroatoms. The number of unbranched alkanes of at least 4 members (excludes halogenated alkanes) is 1. The molecule has 3 nitrogen and oxygen atoms in total. The molecule has 0 saturated carbocycles. The second-order valence-corrected chi connectivity index (χ2v) is 5.15. The predicted octanol–water partition coefficient (Wildman–Crippen LogP) is 3.23. The van der Waals surface area contributed by atoms with Crippen molar-refractivity contribution in [3.8, 4) is 23.8 Å². The Morgan fingerprint density at radius 3 is 2.80 bits per heavy atom. The topological polar surface area (TPSA) is 30.5 Å². The second-order valence-electron chi connectivity index (χ2n) is 5.15. The molecule has 110 valence electrons. The van der Waals surface area contributed by atoms with Gasteiger partial charge in [0.05, 0.1) is 13.7 Å². The number of rotatable bonds is 9. The number of terminal acetylenes is 1. The molecular formula is C17H25NO2. The quantitative estimate of drug-likeness (QED) is 0.554. The first kappa shape index (κ1) is 16.4. The van der Waals surface area contributed by atoms with Crippen LogP contribution in [0.4, 0.5) is 0 Å². The van der Waals surface area contributed by atoms with Gasteiger partial charge in [0.25, 0.3) is 0 Å². The normalized spacial score (nSPS) is 10.3. The number of hydrogen-bond acceptors (Lipinski definition) is 3. The molecule has 1 aromatic rings. The fraction of sp³-hybridized carbons (Fsp3) is 0.529. The van der Waals surface area contributed by atoms with Crippen molar-refractivity contribution in [1.29, 1.82) is 0 Å². The lowest BCUT2D eigenvalue weighted by atomic mass is 10.1. The molecule has 0 saturated heterocycles. The SMILES string of the molecule is C#CCCCOc1cc(OC)ccc1CNCC(C)C. The Morgan fingerprint density at radius 1 is 1.35 bits per heavy atom. The van der Waals surface area contributed by atoms with Crippen molar-refractivity contribution in [3.05, 3.63) is 23.8 Å². The minimum Gasteiger partial charge on any atom is -0.497 e. The number of benzene rings is 1. The Hall–Kier alpha value is -1.66. The van der Waals surface area contributed by atoms with Gasteiger partial charge in [-0.1, -0.05) is 19.9 Å². The zero-order chi connectivity index (χ0) is 14.8. The van der Waals surface area contributed by atoms with Crippen LogP contribution in [0.25, 0.3) is 0 Å². The third-order valence-electron chi connectivity index (χ3n) is 2.87. The van der Waals surface area contributed by atoms with Crippen molar-refractivity contribution in [2.75, 3.05) is 20.3 Å². The van der Waals surface area contributed by atoms with Crippen molar-refractivity contribution < 1.29 is 9.47 Å². The first-order valence-corrected chi connectivity index (χ1v) is 7.11. The van der Waals surface area contributed by atoms with Gasteiger partial charge in [0.2, 0.25) is 0 Å². The van der Waals surface area contributed by atoms with E-state index in [0.29, 0.717) is 12.5 Å². The lowest BCUT2D eigenvalue weighted by Gasteiger charge is -2.14. The van der Waals surface area contributed by atoms with Gasteiger partial charge < -0.3 is 14.8 Å². The van der Waals surface area contributed by atoms with E-state index in [4.69, 9.17) is 15.9 Å². The molecule has 0 bridgehead atoms. The molecule has 1 aromatic carbocycles. The Labute approximate surface area is 122 Å². The van der Waals surface area contributed by atoms with E-state index in [1.54, 1.807) is 7.11 Å². The molecule has 0 fully saturated rings. The van der Waals surface area contributed by atoms with Gasteiger partial charge in [0, 0.05) is 24.6 Å². The van der Waals surface area contributed by atoms with Crippen LogP contribution in [0.3, 0.4) is 0 Å².